The fourth-order valence-electron chi connectivity index (χ4n) is 2.92. The van der Waals surface area contributed by atoms with Gasteiger partial charge in [0, 0.05) is 6.54 Å². The molecule has 0 saturated carbocycles. The van der Waals surface area contributed by atoms with Crippen molar-refractivity contribution in [3.8, 4) is 5.75 Å². The number of aromatic nitrogens is 2. The molecule has 0 amide bonds. The van der Waals surface area contributed by atoms with Gasteiger partial charge in [-0.15, -0.1) is 0 Å². The van der Waals surface area contributed by atoms with Crippen LogP contribution in [-0.2, 0) is 13.1 Å². The maximum Gasteiger partial charge on any atom is 0.171 e. The molecule has 146 valence electrons. The SMILES string of the molecule is COc1cccc(Cn2nc(C)c(NC(=S)NCc3ccc(F)cc3)c2C)c1. The molecule has 0 atom stereocenters. The van der Waals surface area contributed by atoms with Crippen LogP contribution in [-0.4, -0.2) is 22.0 Å². The van der Waals surface area contributed by atoms with E-state index in [9.17, 15) is 4.39 Å². The molecule has 0 fully saturated rings. The van der Waals surface area contributed by atoms with E-state index in [1.807, 2.05) is 42.8 Å². The third-order valence-electron chi connectivity index (χ3n) is 4.45. The molecule has 2 N–H and O–H groups in total. The largest absolute Gasteiger partial charge is 0.497 e. The average molecular weight is 399 g/mol. The van der Waals surface area contributed by atoms with Crippen LogP contribution in [0, 0.1) is 19.7 Å². The standard InChI is InChI=1S/C21H23FN4OS/c1-14-20(24-21(28)23-12-16-7-9-18(22)10-8-16)15(2)26(25-14)13-17-5-4-6-19(11-17)27-3/h4-11H,12-13H2,1-3H3,(H2,23,24,28). The Balaban J connectivity index is 1.65. The average Bonchev–Trinajstić information content (AvgIpc) is 2.95. The number of thiocarbonyl (C=S) groups is 1. The quantitative estimate of drug-likeness (QED) is 0.610. The lowest BCUT2D eigenvalue weighted by Crippen LogP contribution is -2.28. The summed E-state index contributed by atoms with van der Waals surface area (Å²) in [7, 11) is 1.66. The Morgan fingerprint density at radius 2 is 1.89 bits per heavy atom. The van der Waals surface area contributed by atoms with Crippen molar-refractivity contribution in [2.24, 2.45) is 0 Å². The number of hydrogen-bond acceptors (Lipinski definition) is 3. The van der Waals surface area contributed by atoms with Gasteiger partial charge >= 0.3 is 0 Å². The monoisotopic (exact) mass is 398 g/mol. The molecule has 0 unspecified atom stereocenters. The molecule has 0 aliphatic rings. The van der Waals surface area contributed by atoms with Crippen molar-refractivity contribution in [1.82, 2.24) is 15.1 Å². The van der Waals surface area contributed by atoms with E-state index in [0.29, 0.717) is 18.2 Å². The summed E-state index contributed by atoms with van der Waals surface area (Å²) >= 11 is 5.40. The molecule has 5 nitrogen and oxygen atoms in total. The number of benzene rings is 2. The summed E-state index contributed by atoms with van der Waals surface area (Å²) in [6.07, 6.45) is 0. The van der Waals surface area contributed by atoms with Crippen molar-refractivity contribution in [3.63, 3.8) is 0 Å². The number of anilines is 1. The van der Waals surface area contributed by atoms with Gasteiger partial charge in [0.05, 0.1) is 30.7 Å². The van der Waals surface area contributed by atoms with E-state index in [-0.39, 0.29) is 5.82 Å². The smallest absolute Gasteiger partial charge is 0.171 e. The second kappa shape index (κ2) is 8.84. The van der Waals surface area contributed by atoms with Crippen LogP contribution in [0.15, 0.2) is 48.5 Å². The van der Waals surface area contributed by atoms with Crippen molar-refractivity contribution >= 4 is 23.0 Å². The van der Waals surface area contributed by atoms with Gasteiger partial charge in [-0.05, 0) is 61.5 Å². The maximum absolute atomic E-state index is 13.0. The van der Waals surface area contributed by atoms with Gasteiger partial charge < -0.3 is 15.4 Å². The van der Waals surface area contributed by atoms with Crippen LogP contribution >= 0.6 is 12.2 Å². The first-order valence-electron chi connectivity index (χ1n) is 8.92. The molecule has 28 heavy (non-hydrogen) atoms. The third-order valence-corrected chi connectivity index (χ3v) is 4.70. The van der Waals surface area contributed by atoms with Gasteiger partial charge in [-0.3, -0.25) is 4.68 Å². The van der Waals surface area contributed by atoms with Gasteiger partial charge in [0.25, 0.3) is 0 Å². The van der Waals surface area contributed by atoms with E-state index in [2.05, 4.69) is 15.7 Å². The van der Waals surface area contributed by atoms with Gasteiger partial charge in [-0.1, -0.05) is 24.3 Å². The van der Waals surface area contributed by atoms with Gasteiger partial charge in [0.15, 0.2) is 5.11 Å². The van der Waals surface area contributed by atoms with E-state index in [0.717, 1.165) is 34.0 Å². The Bertz CT molecular complexity index is 969. The lowest BCUT2D eigenvalue weighted by molar-refractivity contribution is 0.414. The Hall–Kier alpha value is -2.93. The van der Waals surface area contributed by atoms with Crippen molar-refractivity contribution in [3.05, 3.63) is 76.9 Å². The van der Waals surface area contributed by atoms with Crippen molar-refractivity contribution in [1.29, 1.82) is 0 Å². The van der Waals surface area contributed by atoms with Crippen LogP contribution in [0.25, 0.3) is 0 Å². The first-order chi connectivity index (χ1) is 13.5. The number of rotatable bonds is 6. The van der Waals surface area contributed by atoms with E-state index >= 15 is 0 Å². The van der Waals surface area contributed by atoms with E-state index in [1.54, 1.807) is 19.2 Å². The summed E-state index contributed by atoms with van der Waals surface area (Å²) in [4.78, 5) is 0. The number of nitrogens with zero attached hydrogens (tertiary/aromatic N) is 2. The normalized spacial score (nSPS) is 10.6. The topological polar surface area (TPSA) is 51.1 Å². The number of aryl methyl sites for hydroxylation is 1. The van der Waals surface area contributed by atoms with Crippen LogP contribution in [0.5, 0.6) is 5.75 Å². The number of methoxy groups -OCH3 is 1. The zero-order chi connectivity index (χ0) is 20.1. The van der Waals surface area contributed by atoms with Crippen LogP contribution < -0.4 is 15.4 Å². The van der Waals surface area contributed by atoms with Crippen molar-refractivity contribution in [2.75, 3.05) is 12.4 Å². The minimum Gasteiger partial charge on any atom is -0.497 e. The first-order valence-corrected chi connectivity index (χ1v) is 9.33. The van der Waals surface area contributed by atoms with Gasteiger partial charge in [0.2, 0.25) is 0 Å². The molecule has 0 radical (unpaired) electrons. The molecule has 0 spiro atoms. The molecule has 3 aromatic rings. The highest BCUT2D eigenvalue weighted by atomic mass is 32.1. The molecule has 7 heteroatoms. The molecule has 2 aromatic carbocycles. The zero-order valence-corrected chi connectivity index (χ0v) is 16.9. The molecule has 3 rings (SSSR count). The molecular weight excluding hydrogens is 375 g/mol. The van der Waals surface area contributed by atoms with E-state index in [4.69, 9.17) is 17.0 Å². The molecule has 0 bridgehead atoms. The lowest BCUT2D eigenvalue weighted by atomic mass is 10.2. The highest BCUT2D eigenvalue weighted by molar-refractivity contribution is 7.80. The zero-order valence-electron chi connectivity index (χ0n) is 16.1. The molecule has 1 heterocycles. The third kappa shape index (κ3) is 4.86. The number of hydrogen-bond donors (Lipinski definition) is 2. The summed E-state index contributed by atoms with van der Waals surface area (Å²) in [5.74, 6) is 0.572. The minimum absolute atomic E-state index is 0.251. The lowest BCUT2D eigenvalue weighted by Gasteiger charge is -2.11. The summed E-state index contributed by atoms with van der Waals surface area (Å²) in [6, 6.07) is 14.3. The molecule has 1 aromatic heterocycles. The summed E-state index contributed by atoms with van der Waals surface area (Å²) in [5, 5.41) is 11.5. The number of ether oxygens (including phenoxy) is 1. The summed E-state index contributed by atoms with van der Waals surface area (Å²) in [6.45, 7) is 5.11. The highest BCUT2D eigenvalue weighted by Crippen LogP contribution is 2.21. The molecule has 0 aliphatic heterocycles. The second-order valence-electron chi connectivity index (χ2n) is 6.49. The molecule has 0 aliphatic carbocycles. The summed E-state index contributed by atoms with van der Waals surface area (Å²) in [5.41, 5.74) is 4.80. The number of halogens is 1. The second-order valence-corrected chi connectivity index (χ2v) is 6.90. The molecule has 0 saturated heterocycles. The van der Waals surface area contributed by atoms with E-state index < -0.39 is 0 Å². The Morgan fingerprint density at radius 3 is 2.61 bits per heavy atom. The van der Waals surface area contributed by atoms with Crippen LogP contribution in [0.1, 0.15) is 22.5 Å². The Kier molecular flexibility index (Phi) is 6.26. The van der Waals surface area contributed by atoms with E-state index in [1.165, 1.54) is 12.1 Å². The number of nitrogens with one attached hydrogen (secondary N) is 2. The predicted molar refractivity (Wildman–Crippen MR) is 113 cm³/mol. The minimum atomic E-state index is -0.251. The fourth-order valence-corrected chi connectivity index (χ4v) is 3.09. The fraction of sp³-hybridized carbons (Fsp3) is 0.238. The van der Waals surface area contributed by atoms with Crippen LogP contribution in [0.3, 0.4) is 0 Å². The first kappa shape index (κ1) is 19.8. The molecular formula is C21H23FN4OS. The predicted octanol–water partition coefficient (Wildman–Crippen LogP) is 4.18. The Morgan fingerprint density at radius 1 is 1.14 bits per heavy atom. The Labute approximate surface area is 169 Å². The van der Waals surface area contributed by atoms with Crippen LogP contribution in [0.2, 0.25) is 0 Å². The van der Waals surface area contributed by atoms with Gasteiger partial charge in [-0.25, -0.2) is 4.39 Å². The van der Waals surface area contributed by atoms with Crippen LogP contribution in [0.4, 0.5) is 10.1 Å². The highest BCUT2D eigenvalue weighted by Gasteiger charge is 2.13. The van der Waals surface area contributed by atoms with Gasteiger partial charge in [0.1, 0.15) is 11.6 Å². The maximum atomic E-state index is 13.0. The van der Waals surface area contributed by atoms with Gasteiger partial charge in [-0.2, -0.15) is 5.10 Å². The van der Waals surface area contributed by atoms with Crippen molar-refractivity contribution in [2.45, 2.75) is 26.9 Å². The van der Waals surface area contributed by atoms with Crippen molar-refractivity contribution < 1.29 is 9.13 Å². The summed E-state index contributed by atoms with van der Waals surface area (Å²) < 4.78 is 20.2.